The van der Waals surface area contributed by atoms with Crippen molar-refractivity contribution in [3.05, 3.63) is 83.7 Å². The molecule has 0 bridgehead atoms. The lowest BCUT2D eigenvalue weighted by molar-refractivity contribution is 0.0785. The molecule has 4 rings (SSSR count). The molecule has 1 aliphatic rings. The molecule has 138 valence electrons. The van der Waals surface area contributed by atoms with Gasteiger partial charge in [0, 0.05) is 19.0 Å². The van der Waals surface area contributed by atoms with Crippen molar-refractivity contribution in [1.29, 1.82) is 0 Å². The van der Waals surface area contributed by atoms with Gasteiger partial charge in [0.2, 0.25) is 0 Å². The van der Waals surface area contributed by atoms with Gasteiger partial charge in [-0.25, -0.2) is 4.68 Å². The molecular formula is C22H24N4O. The Balaban J connectivity index is 1.58. The number of para-hydroxylation sites is 1. The van der Waals surface area contributed by atoms with Gasteiger partial charge >= 0.3 is 0 Å². The molecule has 1 aliphatic heterocycles. The molecule has 2 N–H and O–H groups in total. The fourth-order valence-electron chi connectivity index (χ4n) is 3.97. The lowest BCUT2D eigenvalue weighted by Crippen LogP contribution is -2.30. The van der Waals surface area contributed by atoms with Crippen LogP contribution in [-0.2, 0) is 0 Å². The molecule has 0 spiro atoms. The van der Waals surface area contributed by atoms with Crippen LogP contribution in [0.15, 0.2) is 66.9 Å². The predicted molar refractivity (Wildman–Crippen MR) is 106 cm³/mol. The number of amides is 1. The summed E-state index contributed by atoms with van der Waals surface area (Å²) >= 11 is 0. The zero-order valence-corrected chi connectivity index (χ0v) is 15.5. The van der Waals surface area contributed by atoms with Gasteiger partial charge in [-0.05, 0) is 37.1 Å². The van der Waals surface area contributed by atoms with Gasteiger partial charge in [-0.2, -0.15) is 5.10 Å². The first kappa shape index (κ1) is 17.5. The smallest absolute Gasteiger partial charge is 0.257 e. The van der Waals surface area contributed by atoms with E-state index >= 15 is 0 Å². The molecule has 0 saturated carbocycles. The minimum absolute atomic E-state index is 0.0339. The average Bonchev–Trinajstić information content (AvgIpc) is 3.32. The van der Waals surface area contributed by atoms with E-state index < -0.39 is 0 Å². The number of benzene rings is 2. The van der Waals surface area contributed by atoms with Crippen LogP contribution in [0.4, 0.5) is 0 Å². The molecule has 27 heavy (non-hydrogen) atoms. The van der Waals surface area contributed by atoms with E-state index in [2.05, 4.69) is 17.2 Å². The summed E-state index contributed by atoms with van der Waals surface area (Å²) in [6.07, 6.45) is 1.68. The fraction of sp³-hybridized carbons (Fsp3) is 0.273. The molecular weight excluding hydrogens is 336 g/mol. The molecule has 0 aliphatic carbocycles. The van der Waals surface area contributed by atoms with E-state index in [-0.39, 0.29) is 17.7 Å². The number of rotatable bonds is 4. The Kier molecular flexibility index (Phi) is 4.77. The van der Waals surface area contributed by atoms with Gasteiger partial charge in [0.05, 0.1) is 23.1 Å². The maximum absolute atomic E-state index is 13.2. The summed E-state index contributed by atoms with van der Waals surface area (Å²) in [6.45, 7) is 3.90. The van der Waals surface area contributed by atoms with E-state index in [1.807, 2.05) is 65.0 Å². The van der Waals surface area contributed by atoms with Crippen LogP contribution >= 0.6 is 0 Å². The first-order valence-electron chi connectivity index (χ1n) is 9.33. The molecule has 0 radical (unpaired) electrons. The molecule has 5 heteroatoms. The number of nitrogens with zero attached hydrogens (tertiary/aromatic N) is 3. The predicted octanol–water partition coefficient (Wildman–Crippen LogP) is 3.00. The minimum Gasteiger partial charge on any atom is -0.338 e. The number of hydrogen-bond acceptors (Lipinski definition) is 3. The van der Waals surface area contributed by atoms with Gasteiger partial charge in [-0.15, -0.1) is 0 Å². The zero-order chi connectivity index (χ0) is 18.8. The molecule has 2 heterocycles. The highest BCUT2D eigenvalue weighted by molar-refractivity contribution is 5.95. The molecule has 5 nitrogen and oxygen atoms in total. The van der Waals surface area contributed by atoms with Crippen LogP contribution in [0.2, 0.25) is 0 Å². The largest absolute Gasteiger partial charge is 0.338 e. The average molecular weight is 360 g/mol. The first-order valence-corrected chi connectivity index (χ1v) is 9.33. The number of carbonyl (C=O) groups excluding carboxylic acids is 1. The van der Waals surface area contributed by atoms with Crippen molar-refractivity contribution in [1.82, 2.24) is 14.7 Å². The number of hydrogen-bond donors (Lipinski definition) is 1. The van der Waals surface area contributed by atoms with Crippen molar-refractivity contribution in [3.8, 4) is 5.69 Å². The zero-order valence-electron chi connectivity index (χ0n) is 15.5. The first-order chi connectivity index (χ1) is 13.2. The molecule has 1 aromatic heterocycles. The summed E-state index contributed by atoms with van der Waals surface area (Å²) in [5.41, 5.74) is 9.74. The second-order valence-corrected chi connectivity index (χ2v) is 7.11. The van der Waals surface area contributed by atoms with Crippen molar-refractivity contribution < 1.29 is 4.79 Å². The summed E-state index contributed by atoms with van der Waals surface area (Å²) in [7, 11) is 0. The normalized spacial score (nSPS) is 19.4. The van der Waals surface area contributed by atoms with Gasteiger partial charge in [-0.3, -0.25) is 4.79 Å². The van der Waals surface area contributed by atoms with Crippen molar-refractivity contribution in [2.24, 2.45) is 11.7 Å². The van der Waals surface area contributed by atoms with Crippen molar-refractivity contribution in [3.63, 3.8) is 0 Å². The molecule has 2 atom stereocenters. The van der Waals surface area contributed by atoms with Crippen LogP contribution < -0.4 is 5.73 Å². The lowest BCUT2D eigenvalue weighted by atomic mass is 9.89. The Morgan fingerprint density at radius 1 is 1.07 bits per heavy atom. The maximum atomic E-state index is 13.2. The van der Waals surface area contributed by atoms with E-state index in [0.29, 0.717) is 25.2 Å². The van der Waals surface area contributed by atoms with Crippen LogP contribution in [0.25, 0.3) is 5.69 Å². The fourth-order valence-corrected chi connectivity index (χ4v) is 3.97. The van der Waals surface area contributed by atoms with Crippen LogP contribution in [0, 0.1) is 12.8 Å². The molecule has 2 aromatic carbocycles. The van der Waals surface area contributed by atoms with E-state index in [4.69, 9.17) is 5.73 Å². The van der Waals surface area contributed by atoms with Crippen LogP contribution in [0.1, 0.15) is 27.5 Å². The number of carbonyl (C=O) groups is 1. The van der Waals surface area contributed by atoms with Crippen molar-refractivity contribution >= 4 is 5.91 Å². The molecule has 1 amide bonds. The van der Waals surface area contributed by atoms with Gasteiger partial charge in [0.25, 0.3) is 5.91 Å². The Bertz CT molecular complexity index is 920. The van der Waals surface area contributed by atoms with Crippen LogP contribution in [0.5, 0.6) is 0 Å². The van der Waals surface area contributed by atoms with Gasteiger partial charge in [0.1, 0.15) is 0 Å². The number of nitrogens with two attached hydrogens (primary N) is 1. The van der Waals surface area contributed by atoms with Crippen LogP contribution in [0.3, 0.4) is 0 Å². The maximum Gasteiger partial charge on any atom is 0.257 e. The summed E-state index contributed by atoms with van der Waals surface area (Å²) in [5, 5.41) is 4.44. The lowest BCUT2D eigenvalue weighted by Gasteiger charge is -2.17. The number of aromatic nitrogens is 2. The quantitative estimate of drug-likeness (QED) is 0.778. The highest BCUT2D eigenvalue weighted by Gasteiger charge is 2.36. The standard InChI is InChI=1S/C22H24N4O/c1-16-20(13-24-26(16)19-10-6-3-7-11-19)22(27)25-14-18(12-23)21(15-25)17-8-4-2-5-9-17/h2-11,13,18,21H,12,14-15,23H2,1H3/t18-,21+/m1/s1. The Hall–Kier alpha value is -2.92. The third kappa shape index (κ3) is 3.26. The number of likely N-dealkylation sites (tertiary alicyclic amines) is 1. The second-order valence-electron chi connectivity index (χ2n) is 7.11. The van der Waals surface area contributed by atoms with Crippen molar-refractivity contribution in [2.75, 3.05) is 19.6 Å². The van der Waals surface area contributed by atoms with Gasteiger partial charge < -0.3 is 10.6 Å². The van der Waals surface area contributed by atoms with Crippen LogP contribution in [-0.4, -0.2) is 40.2 Å². The van der Waals surface area contributed by atoms with E-state index in [1.165, 1.54) is 5.56 Å². The summed E-state index contributed by atoms with van der Waals surface area (Å²) in [5.74, 6) is 0.594. The van der Waals surface area contributed by atoms with E-state index in [9.17, 15) is 4.79 Å². The molecule has 3 aromatic rings. The topological polar surface area (TPSA) is 64.2 Å². The third-order valence-electron chi connectivity index (χ3n) is 5.50. The van der Waals surface area contributed by atoms with Gasteiger partial charge in [-0.1, -0.05) is 48.5 Å². The minimum atomic E-state index is 0.0339. The summed E-state index contributed by atoms with van der Waals surface area (Å²) in [6, 6.07) is 20.2. The van der Waals surface area contributed by atoms with E-state index in [1.54, 1.807) is 6.20 Å². The molecule has 1 fully saturated rings. The molecule has 0 unspecified atom stereocenters. The van der Waals surface area contributed by atoms with Crippen molar-refractivity contribution in [2.45, 2.75) is 12.8 Å². The monoisotopic (exact) mass is 360 g/mol. The second kappa shape index (κ2) is 7.37. The Morgan fingerprint density at radius 3 is 2.41 bits per heavy atom. The Morgan fingerprint density at radius 2 is 1.74 bits per heavy atom. The summed E-state index contributed by atoms with van der Waals surface area (Å²) < 4.78 is 1.82. The highest BCUT2D eigenvalue weighted by Crippen LogP contribution is 2.33. The van der Waals surface area contributed by atoms with E-state index in [0.717, 1.165) is 11.4 Å². The summed E-state index contributed by atoms with van der Waals surface area (Å²) in [4.78, 5) is 15.1. The Labute approximate surface area is 159 Å². The highest BCUT2D eigenvalue weighted by atomic mass is 16.2. The third-order valence-corrected chi connectivity index (χ3v) is 5.50. The SMILES string of the molecule is Cc1c(C(=O)N2C[C@@H](CN)[C@H](c3ccccc3)C2)cnn1-c1ccccc1. The van der Waals surface area contributed by atoms with Gasteiger partial charge in [0.15, 0.2) is 0 Å². The molecule has 1 saturated heterocycles.